The predicted molar refractivity (Wildman–Crippen MR) is 78.2 cm³/mol. The molecule has 0 spiro atoms. The Bertz CT molecular complexity index is 441. The lowest BCUT2D eigenvalue weighted by Crippen LogP contribution is -2.17. The largest absolute Gasteiger partial charge is 0.487 e. The second-order valence-electron chi connectivity index (χ2n) is 5.03. The summed E-state index contributed by atoms with van der Waals surface area (Å²) < 4.78 is 54.2. The molecule has 0 fully saturated rings. The molecule has 0 radical (unpaired) electrons. The molecule has 0 amide bonds. The Morgan fingerprint density at radius 3 is 2.18 bits per heavy atom. The summed E-state index contributed by atoms with van der Waals surface area (Å²) >= 11 is 0. The molecule has 0 saturated heterocycles. The van der Waals surface area contributed by atoms with Crippen LogP contribution in [-0.2, 0) is 10.9 Å². The number of hydrogen-bond donors (Lipinski definition) is 0. The third-order valence-corrected chi connectivity index (χ3v) is 3.12. The van der Waals surface area contributed by atoms with Gasteiger partial charge < -0.3 is 14.2 Å². The first kappa shape index (κ1) is 18.6. The Hall–Kier alpha value is -1.43. The van der Waals surface area contributed by atoms with Crippen LogP contribution in [0, 0.1) is 0 Å². The fraction of sp³-hybridized carbons (Fsp3) is 0.625. The number of halogens is 3. The number of methoxy groups -OCH3 is 1. The van der Waals surface area contributed by atoms with Gasteiger partial charge in [0.05, 0.1) is 11.7 Å². The summed E-state index contributed by atoms with van der Waals surface area (Å²) in [6.07, 6.45) is -0.872. The molecular weight excluding hydrogens is 297 g/mol. The molecule has 0 N–H and O–H groups in total. The lowest BCUT2D eigenvalue weighted by Gasteiger charge is -2.21. The van der Waals surface area contributed by atoms with E-state index in [1.165, 1.54) is 13.2 Å². The maximum Gasteiger partial charge on any atom is 0.416 e. The van der Waals surface area contributed by atoms with Crippen molar-refractivity contribution < 1.29 is 27.4 Å². The summed E-state index contributed by atoms with van der Waals surface area (Å²) in [6.45, 7) is 3.95. The van der Waals surface area contributed by atoms with Gasteiger partial charge in [-0.3, -0.25) is 0 Å². The van der Waals surface area contributed by atoms with E-state index < -0.39 is 11.7 Å². The molecule has 0 saturated carbocycles. The van der Waals surface area contributed by atoms with Crippen LogP contribution in [0.1, 0.15) is 45.1 Å². The zero-order valence-electron chi connectivity index (χ0n) is 13.2. The zero-order valence-corrected chi connectivity index (χ0v) is 13.2. The molecule has 1 aromatic rings. The lowest BCUT2D eigenvalue weighted by atomic mass is 10.1. The average Bonchev–Trinajstić information content (AvgIpc) is 2.45. The van der Waals surface area contributed by atoms with Crippen molar-refractivity contribution in [3.63, 3.8) is 0 Å². The van der Waals surface area contributed by atoms with Gasteiger partial charge in [0, 0.05) is 7.11 Å². The van der Waals surface area contributed by atoms with E-state index in [0.29, 0.717) is 5.75 Å². The van der Waals surface area contributed by atoms with Crippen LogP contribution in [0.4, 0.5) is 13.2 Å². The standard InChI is InChI=1S/C16H23F3O3/c1-4-6-13(7-5-2)22-14-9-8-12(16(17,18)19)10-15(14)21-11-20-3/h8-10,13H,4-7,11H2,1-3H3. The number of hydrogen-bond acceptors (Lipinski definition) is 3. The van der Waals surface area contributed by atoms with Crippen LogP contribution in [0.25, 0.3) is 0 Å². The van der Waals surface area contributed by atoms with Crippen LogP contribution in [0.3, 0.4) is 0 Å². The molecule has 0 heterocycles. The monoisotopic (exact) mass is 320 g/mol. The van der Waals surface area contributed by atoms with Crippen molar-refractivity contribution in [3.05, 3.63) is 23.8 Å². The fourth-order valence-corrected chi connectivity index (χ4v) is 2.10. The van der Waals surface area contributed by atoms with Crippen LogP contribution in [-0.4, -0.2) is 20.0 Å². The molecule has 22 heavy (non-hydrogen) atoms. The van der Waals surface area contributed by atoms with Crippen LogP contribution in [0.5, 0.6) is 11.5 Å². The number of rotatable bonds is 9. The summed E-state index contributed by atoms with van der Waals surface area (Å²) in [5.41, 5.74) is -0.770. The maximum absolute atomic E-state index is 12.8. The van der Waals surface area contributed by atoms with Gasteiger partial charge in [-0.1, -0.05) is 26.7 Å². The second kappa shape index (κ2) is 8.88. The van der Waals surface area contributed by atoms with Crippen LogP contribution >= 0.6 is 0 Å². The van der Waals surface area contributed by atoms with Crippen LogP contribution in [0.15, 0.2) is 18.2 Å². The molecule has 1 rings (SSSR count). The van der Waals surface area contributed by atoms with E-state index in [9.17, 15) is 13.2 Å². The molecule has 1 aromatic carbocycles. The molecule has 0 unspecified atom stereocenters. The van der Waals surface area contributed by atoms with Crippen molar-refractivity contribution in [1.82, 2.24) is 0 Å². The first-order valence-corrected chi connectivity index (χ1v) is 7.42. The third-order valence-electron chi connectivity index (χ3n) is 3.12. The van der Waals surface area contributed by atoms with E-state index in [1.807, 2.05) is 13.8 Å². The Labute approximate surface area is 129 Å². The number of ether oxygens (including phenoxy) is 3. The zero-order chi connectivity index (χ0) is 16.6. The minimum atomic E-state index is -4.42. The molecule has 0 atom stereocenters. The SMILES string of the molecule is CCCC(CCC)Oc1ccc(C(F)(F)F)cc1OCOC. The van der Waals surface area contributed by atoms with Gasteiger partial charge in [0.1, 0.15) is 0 Å². The molecule has 126 valence electrons. The van der Waals surface area contributed by atoms with Crippen molar-refractivity contribution in [2.75, 3.05) is 13.9 Å². The predicted octanol–water partition coefficient (Wildman–Crippen LogP) is 5.04. The van der Waals surface area contributed by atoms with Gasteiger partial charge in [0.2, 0.25) is 0 Å². The van der Waals surface area contributed by atoms with Gasteiger partial charge in [-0.05, 0) is 31.0 Å². The molecule has 6 heteroatoms. The van der Waals surface area contributed by atoms with E-state index >= 15 is 0 Å². The van der Waals surface area contributed by atoms with Gasteiger partial charge in [0.25, 0.3) is 0 Å². The molecule has 0 aliphatic rings. The highest BCUT2D eigenvalue weighted by molar-refractivity contribution is 5.44. The lowest BCUT2D eigenvalue weighted by molar-refractivity contribution is -0.137. The van der Waals surface area contributed by atoms with Gasteiger partial charge in [-0.15, -0.1) is 0 Å². The van der Waals surface area contributed by atoms with Crippen LogP contribution < -0.4 is 9.47 Å². The Morgan fingerprint density at radius 2 is 1.68 bits per heavy atom. The molecular formula is C16H23F3O3. The topological polar surface area (TPSA) is 27.7 Å². The normalized spacial score (nSPS) is 11.8. The Balaban J connectivity index is 3.00. The smallest absolute Gasteiger partial charge is 0.416 e. The van der Waals surface area contributed by atoms with E-state index in [0.717, 1.165) is 37.8 Å². The minimum Gasteiger partial charge on any atom is -0.487 e. The first-order chi connectivity index (χ1) is 10.4. The summed E-state index contributed by atoms with van der Waals surface area (Å²) in [4.78, 5) is 0. The second-order valence-corrected chi connectivity index (χ2v) is 5.03. The first-order valence-electron chi connectivity index (χ1n) is 7.42. The van der Waals surface area contributed by atoms with Gasteiger partial charge in [-0.2, -0.15) is 13.2 Å². The van der Waals surface area contributed by atoms with E-state index in [1.54, 1.807) is 0 Å². The van der Waals surface area contributed by atoms with Gasteiger partial charge in [-0.25, -0.2) is 0 Å². The summed E-state index contributed by atoms with van der Waals surface area (Å²) in [7, 11) is 1.41. The van der Waals surface area contributed by atoms with Crippen LogP contribution in [0.2, 0.25) is 0 Å². The molecule has 3 nitrogen and oxygen atoms in total. The van der Waals surface area contributed by atoms with E-state index in [2.05, 4.69) is 0 Å². The summed E-state index contributed by atoms with van der Waals surface area (Å²) in [6, 6.07) is 3.26. The Morgan fingerprint density at radius 1 is 1.05 bits per heavy atom. The highest BCUT2D eigenvalue weighted by atomic mass is 19.4. The van der Waals surface area contributed by atoms with Gasteiger partial charge in [0.15, 0.2) is 18.3 Å². The van der Waals surface area contributed by atoms with E-state index in [4.69, 9.17) is 14.2 Å². The molecule has 0 aliphatic heterocycles. The van der Waals surface area contributed by atoms with Gasteiger partial charge >= 0.3 is 6.18 Å². The summed E-state index contributed by atoms with van der Waals surface area (Å²) in [5.74, 6) is 0.367. The quantitative estimate of drug-likeness (QED) is 0.597. The number of alkyl halides is 3. The third kappa shape index (κ3) is 5.75. The average molecular weight is 320 g/mol. The Kier molecular flexibility index (Phi) is 7.51. The maximum atomic E-state index is 12.8. The van der Waals surface area contributed by atoms with Crippen molar-refractivity contribution in [1.29, 1.82) is 0 Å². The van der Waals surface area contributed by atoms with Crippen molar-refractivity contribution in [2.24, 2.45) is 0 Å². The van der Waals surface area contributed by atoms with Crippen molar-refractivity contribution >= 4 is 0 Å². The summed E-state index contributed by atoms with van der Waals surface area (Å²) in [5, 5.41) is 0. The minimum absolute atomic E-state index is 0.0309. The number of benzene rings is 1. The van der Waals surface area contributed by atoms with Crippen molar-refractivity contribution in [2.45, 2.75) is 51.8 Å². The van der Waals surface area contributed by atoms with E-state index in [-0.39, 0.29) is 18.6 Å². The molecule has 0 aromatic heterocycles. The van der Waals surface area contributed by atoms with Crippen molar-refractivity contribution in [3.8, 4) is 11.5 Å². The fourth-order valence-electron chi connectivity index (χ4n) is 2.10. The molecule has 0 aliphatic carbocycles. The highest BCUT2D eigenvalue weighted by Crippen LogP contribution is 2.37. The molecule has 0 bridgehead atoms. The highest BCUT2D eigenvalue weighted by Gasteiger charge is 2.31.